The van der Waals surface area contributed by atoms with Crippen molar-refractivity contribution in [2.75, 3.05) is 11.9 Å². The number of carbonyl (C=O) groups excluding carboxylic acids is 1. The maximum absolute atomic E-state index is 13.0. The Bertz CT molecular complexity index is 1530. The molecule has 0 radical (unpaired) electrons. The van der Waals surface area contributed by atoms with Gasteiger partial charge in [-0.15, -0.1) is 0 Å². The van der Waals surface area contributed by atoms with Crippen molar-refractivity contribution in [1.29, 1.82) is 0 Å². The summed E-state index contributed by atoms with van der Waals surface area (Å²) in [6.07, 6.45) is 4.46. The third kappa shape index (κ3) is 5.21. The molecule has 1 saturated heterocycles. The molecule has 0 saturated carbocycles. The second-order valence-electron chi connectivity index (χ2n) is 9.08. The predicted molar refractivity (Wildman–Crippen MR) is 136 cm³/mol. The van der Waals surface area contributed by atoms with Crippen LogP contribution in [0.3, 0.4) is 0 Å². The number of carbonyl (C=O) groups is 1. The van der Waals surface area contributed by atoms with E-state index in [9.17, 15) is 23.5 Å². The number of piperidine rings is 1. The van der Waals surface area contributed by atoms with Gasteiger partial charge in [0.2, 0.25) is 11.9 Å². The van der Waals surface area contributed by atoms with Crippen LogP contribution in [-0.4, -0.2) is 49.5 Å². The zero-order valence-electron chi connectivity index (χ0n) is 20.5. The molecule has 1 atom stereocenters. The van der Waals surface area contributed by atoms with Gasteiger partial charge in [-0.3, -0.25) is 19.0 Å². The number of hydrogen-bond acceptors (Lipinski definition) is 7. The molecular weight excluding hydrogens is 498 g/mol. The number of halogens is 2. The molecule has 2 aromatic carbocycles. The van der Waals surface area contributed by atoms with E-state index >= 15 is 0 Å². The van der Waals surface area contributed by atoms with Gasteiger partial charge in [0, 0.05) is 49.6 Å². The molecule has 1 aliphatic heterocycles. The molecule has 0 bridgehead atoms. The number of fused-ring (bicyclic) bond motifs is 1. The Morgan fingerprint density at radius 1 is 1.16 bits per heavy atom. The van der Waals surface area contributed by atoms with Crippen LogP contribution in [0.15, 0.2) is 53.6 Å². The summed E-state index contributed by atoms with van der Waals surface area (Å²) in [5.41, 5.74) is 2.74. The average Bonchev–Trinajstić information content (AvgIpc) is 3.14. The summed E-state index contributed by atoms with van der Waals surface area (Å²) in [4.78, 5) is 33.3. The summed E-state index contributed by atoms with van der Waals surface area (Å²) in [5.74, 6) is 0.375. The fourth-order valence-electron chi connectivity index (χ4n) is 4.61. The van der Waals surface area contributed by atoms with Crippen LogP contribution >= 0.6 is 0 Å². The Morgan fingerprint density at radius 3 is 2.66 bits per heavy atom. The fraction of sp³-hybridized carbons (Fsp3) is 0.308. The van der Waals surface area contributed by atoms with Crippen molar-refractivity contribution >= 4 is 22.8 Å². The SMILES string of the molecule is Cn1c(=O)c2ccc(-c3cnc(N[C@H]4CCNC(=O)C4)nc3)cc2n1Cc1cc(CO)ccc1OC(F)F. The van der Waals surface area contributed by atoms with Gasteiger partial charge < -0.3 is 20.5 Å². The van der Waals surface area contributed by atoms with Crippen LogP contribution < -0.4 is 20.9 Å². The quantitative estimate of drug-likeness (QED) is 0.324. The topological polar surface area (TPSA) is 123 Å². The van der Waals surface area contributed by atoms with E-state index in [4.69, 9.17) is 0 Å². The van der Waals surface area contributed by atoms with E-state index in [0.717, 1.165) is 12.0 Å². The lowest BCUT2D eigenvalue weighted by molar-refractivity contribution is -0.122. The second kappa shape index (κ2) is 10.6. The van der Waals surface area contributed by atoms with E-state index < -0.39 is 6.61 Å². The van der Waals surface area contributed by atoms with Gasteiger partial charge in [0.05, 0.1) is 24.1 Å². The summed E-state index contributed by atoms with van der Waals surface area (Å²) < 4.78 is 33.8. The first-order valence-electron chi connectivity index (χ1n) is 12.0. The number of aromatic nitrogens is 4. The number of nitrogens with one attached hydrogen (secondary N) is 2. The molecule has 2 aromatic heterocycles. The molecule has 3 N–H and O–H groups in total. The Balaban J connectivity index is 1.46. The molecule has 5 rings (SSSR count). The van der Waals surface area contributed by atoms with Crippen molar-refractivity contribution in [2.45, 2.75) is 38.6 Å². The summed E-state index contributed by atoms with van der Waals surface area (Å²) in [6, 6.07) is 9.75. The molecule has 198 valence electrons. The highest BCUT2D eigenvalue weighted by atomic mass is 19.3. The number of hydrogen-bond donors (Lipinski definition) is 3. The zero-order valence-corrected chi connectivity index (χ0v) is 20.5. The van der Waals surface area contributed by atoms with E-state index in [1.165, 1.54) is 16.8 Å². The van der Waals surface area contributed by atoms with Gasteiger partial charge in [-0.2, -0.15) is 8.78 Å². The van der Waals surface area contributed by atoms with Gasteiger partial charge in [0.1, 0.15) is 5.75 Å². The molecular formula is C26H26F2N6O4. The van der Waals surface area contributed by atoms with Crippen LogP contribution in [0.5, 0.6) is 5.75 Å². The molecule has 4 aromatic rings. The van der Waals surface area contributed by atoms with Crippen LogP contribution in [0.4, 0.5) is 14.7 Å². The number of alkyl halides is 2. The first-order valence-corrected chi connectivity index (χ1v) is 12.0. The lowest BCUT2D eigenvalue weighted by Gasteiger charge is -2.22. The Hall–Kier alpha value is -4.32. The zero-order chi connectivity index (χ0) is 26.8. The molecule has 3 heterocycles. The van der Waals surface area contributed by atoms with Crippen LogP contribution in [0.1, 0.15) is 24.0 Å². The van der Waals surface area contributed by atoms with Crippen LogP contribution in [0.2, 0.25) is 0 Å². The average molecular weight is 525 g/mol. The van der Waals surface area contributed by atoms with Gasteiger partial charge >= 0.3 is 6.61 Å². The number of amides is 1. The molecule has 0 unspecified atom stereocenters. The smallest absolute Gasteiger partial charge is 0.387 e. The maximum Gasteiger partial charge on any atom is 0.387 e. The number of anilines is 1. The molecule has 1 fully saturated rings. The number of ether oxygens (including phenoxy) is 1. The van der Waals surface area contributed by atoms with Crippen molar-refractivity contribution < 1.29 is 23.4 Å². The molecule has 10 nitrogen and oxygen atoms in total. The van der Waals surface area contributed by atoms with Crippen molar-refractivity contribution in [3.8, 4) is 16.9 Å². The Morgan fingerprint density at radius 2 is 1.95 bits per heavy atom. The Labute approximate surface area is 215 Å². The van der Waals surface area contributed by atoms with E-state index in [1.807, 2.05) is 6.07 Å². The molecule has 0 spiro atoms. The van der Waals surface area contributed by atoms with Crippen LogP contribution in [0.25, 0.3) is 22.0 Å². The summed E-state index contributed by atoms with van der Waals surface area (Å²) in [7, 11) is 1.60. The normalized spacial score (nSPS) is 15.6. The molecule has 12 heteroatoms. The minimum atomic E-state index is -3.02. The Kier molecular flexibility index (Phi) is 7.05. The monoisotopic (exact) mass is 524 g/mol. The van der Waals surface area contributed by atoms with Gasteiger partial charge in [0.15, 0.2) is 0 Å². The van der Waals surface area contributed by atoms with Crippen molar-refractivity contribution in [1.82, 2.24) is 24.6 Å². The highest BCUT2D eigenvalue weighted by Crippen LogP contribution is 2.27. The number of aliphatic hydroxyl groups is 1. The standard InChI is InChI=1S/C26H26F2N6O4/c1-33-24(37)20-4-3-16(18-11-30-26(31-12-18)32-19-6-7-29-23(36)10-19)9-21(20)34(33)13-17-8-15(14-35)2-5-22(17)38-25(27)28/h2-5,8-9,11-12,19,25,35H,6-7,10,13-14H2,1H3,(H,29,36)(H,30,31,32)/t19-/m0/s1. The first kappa shape index (κ1) is 25.3. The summed E-state index contributed by atoms with van der Waals surface area (Å²) >= 11 is 0. The van der Waals surface area contributed by atoms with E-state index in [1.54, 1.807) is 42.3 Å². The van der Waals surface area contributed by atoms with E-state index in [2.05, 4.69) is 25.3 Å². The molecule has 1 amide bonds. The summed E-state index contributed by atoms with van der Waals surface area (Å²) in [5, 5.41) is 16.0. The van der Waals surface area contributed by atoms with Gasteiger partial charge in [-0.25, -0.2) is 9.97 Å². The maximum atomic E-state index is 13.0. The molecule has 0 aliphatic carbocycles. The lowest BCUT2D eigenvalue weighted by atomic mass is 10.1. The first-order chi connectivity index (χ1) is 18.3. The van der Waals surface area contributed by atoms with Crippen molar-refractivity contribution in [3.05, 3.63) is 70.3 Å². The molecule has 1 aliphatic rings. The van der Waals surface area contributed by atoms with Gasteiger partial charge in [-0.05, 0) is 41.8 Å². The second-order valence-corrected chi connectivity index (χ2v) is 9.08. The van der Waals surface area contributed by atoms with Crippen molar-refractivity contribution in [3.63, 3.8) is 0 Å². The highest BCUT2D eigenvalue weighted by molar-refractivity contribution is 5.84. The minimum absolute atomic E-state index is 0.0106. The highest BCUT2D eigenvalue weighted by Gasteiger charge is 2.20. The van der Waals surface area contributed by atoms with Crippen LogP contribution in [0, 0.1) is 0 Å². The lowest BCUT2D eigenvalue weighted by Crippen LogP contribution is -2.39. The number of rotatable bonds is 8. The van der Waals surface area contributed by atoms with Gasteiger partial charge in [-0.1, -0.05) is 12.1 Å². The summed E-state index contributed by atoms with van der Waals surface area (Å²) in [6.45, 7) is -2.62. The fourth-order valence-corrected chi connectivity index (χ4v) is 4.61. The number of nitrogens with zero attached hydrogens (tertiary/aromatic N) is 4. The minimum Gasteiger partial charge on any atom is -0.434 e. The molecule has 38 heavy (non-hydrogen) atoms. The number of benzene rings is 2. The third-order valence-corrected chi connectivity index (χ3v) is 6.57. The number of aliphatic hydroxyl groups excluding tert-OH is 1. The van der Waals surface area contributed by atoms with E-state index in [0.29, 0.717) is 46.5 Å². The largest absolute Gasteiger partial charge is 0.434 e. The van der Waals surface area contributed by atoms with Crippen LogP contribution in [-0.2, 0) is 25.0 Å². The third-order valence-electron chi connectivity index (χ3n) is 6.57. The predicted octanol–water partition coefficient (Wildman–Crippen LogP) is 2.63. The van der Waals surface area contributed by atoms with E-state index in [-0.39, 0.29) is 36.4 Å². The van der Waals surface area contributed by atoms with Gasteiger partial charge in [0.25, 0.3) is 5.56 Å². The van der Waals surface area contributed by atoms with Crippen molar-refractivity contribution in [2.24, 2.45) is 7.05 Å².